The number of aromatic hydroxyl groups is 1. The number of hydrogen-bond donors (Lipinski definition) is 3. The fraction of sp³-hybridized carbons (Fsp3) is 0.389. The molecule has 0 aliphatic carbocycles. The van der Waals surface area contributed by atoms with Crippen LogP contribution in [0, 0.1) is 12.8 Å². The molecule has 0 spiro atoms. The lowest BCUT2D eigenvalue weighted by Crippen LogP contribution is -3.13. The largest absolute Gasteiger partial charge is 0.492 e. The van der Waals surface area contributed by atoms with Crippen LogP contribution in [0.25, 0.3) is 4.96 Å². The first-order valence-electron chi connectivity index (χ1n) is 8.88. The Morgan fingerprint density at radius 2 is 2.19 bits per heavy atom. The topological polar surface area (TPSA) is 98.0 Å². The van der Waals surface area contributed by atoms with Crippen molar-refractivity contribution in [3.05, 3.63) is 45.6 Å². The number of nitrogens with two attached hydrogens (primary N) is 1. The molecule has 0 bridgehead atoms. The van der Waals surface area contributed by atoms with E-state index in [9.17, 15) is 9.90 Å². The Labute approximate surface area is 165 Å². The second-order valence-corrected chi connectivity index (χ2v) is 8.41. The van der Waals surface area contributed by atoms with Crippen molar-refractivity contribution in [3.8, 4) is 5.88 Å². The van der Waals surface area contributed by atoms with Crippen LogP contribution in [0.4, 0.5) is 0 Å². The van der Waals surface area contributed by atoms with Crippen LogP contribution in [0.3, 0.4) is 0 Å². The van der Waals surface area contributed by atoms with Gasteiger partial charge in [0.25, 0.3) is 0 Å². The highest BCUT2D eigenvalue weighted by atomic mass is 35.5. The number of nitrogens with zero attached hydrogens (tertiary/aromatic N) is 3. The summed E-state index contributed by atoms with van der Waals surface area (Å²) in [7, 11) is 0. The number of carbonyl (C=O) groups is 1. The number of quaternary nitrogens is 1. The van der Waals surface area contributed by atoms with Crippen LogP contribution in [0.5, 0.6) is 5.88 Å². The number of rotatable bonds is 4. The van der Waals surface area contributed by atoms with Gasteiger partial charge >= 0.3 is 0 Å². The van der Waals surface area contributed by atoms with Crippen LogP contribution >= 0.6 is 22.9 Å². The second kappa shape index (κ2) is 7.10. The molecule has 7 nitrogen and oxygen atoms in total. The Kier molecular flexibility index (Phi) is 4.79. The van der Waals surface area contributed by atoms with Crippen molar-refractivity contribution in [2.75, 3.05) is 13.1 Å². The summed E-state index contributed by atoms with van der Waals surface area (Å²) in [4.78, 5) is 18.6. The average molecular weight is 407 g/mol. The number of carbonyl (C=O) groups excluding carboxylic acids is 1. The maximum Gasteiger partial charge on any atom is 0.235 e. The summed E-state index contributed by atoms with van der Waals surface area (Å²) in [6.45, 7) is 3.38. The fourth-order valence-electron chi connectivity index (χ4n) is 3.86. The van der Waals surface area contributed by atoms with Gasteiger partial charge in [-0.15, -0.1) is 5.10 Å². The quantitative estimate of drug-likeness (QED) is 0.608. The third kappa shape index (κ3) is 3.40. The molecule has 1 fully saturated rings. The summed E-state index contributed by atoms with van der Waals surface area (Å²) in [6.07, 6.45) is 1.48. The first-order chi connectivity index (χ1) is 12.9. The molecule has 1 saturated heterocycles. The smallest absolute Gasteiger partial charge is 0.235 e. The van der Waals surface area contributed by atoms with Gasteiger partial charge in [0.15, 0.2) is 6.04 Å². The minimum atomic E-state index is -0.231. The molecule has 2 aromatic heterocycles. The van der Waals surface area contributed by atoms with Gasteiger partial charge in [0.1, 0.15) is 10.7 Å². The molecule has 1 amide bonds. The normalized spacial score (nSPS) is 21.4. The molecule has 3 aromatic rings. The highest BCUT2D eigenvalue weighted by molar-refractivity contribution is 7.17. The molecular weight excluding hydrogens is 386 g/mol. The molecule has 4 rings (SSSR count). The number of halogens is 1. The number of fused-ring (bicyclic) bond motifs is 1. The van der Waals surface area contributed by atoms with E-state index in [1.165, 1.54) is 20.8 Å². The van der Waals surface area contributed by atoms with Gasteiger partial charge < -0.3 is 15.7 Å². The standard InChI is InChI=1S/C18H20ClN5O2S/c1-10-21-18-24(22-10)17(26)15(27-18)14(12-3-2-4-13(19)9-12)23-7-5-11(6-8-23)16(20)25/h2-4,9,11,14,26H,5-8H2,1H3,(H2,20,25)/p+1/t14-/m1/s1. The number of nitrogens with one attached hydrogen (secondary N) is 1. The Morgan fingerprint density at radius 3 is 2.81 bits per heavy atom. The zero-order chi connectivity index (χ0) is 19.1. The van der Waals surface area contributed by atoms with E-state index in [4.69, 9.17) is 17.3 Å². The lowest BCUT2D eigenvalue weighted by molar-refractivity contribution is -0.930. The van der Waals surface area contributed by atoms with Crippen LogP contribution in [0.1, 0.15) is 35.1 Å². The van der Waals surface area contributed by atoms with Crippen LogP contribution in [0.2, 0.25) is 5.02 Å². The maximum atomic E-state index is 11.5. The molecule has 1 aliphatic heterocycles. The van der Waals surface area contributed by atoms with E-state index in [0.29, 0.717) is 15.8 Å². The molecule has 0 radical (unpaired) electrons. The predicted octanol–water partition coefficient (Wildman–Crippen LogP) is 1.33. The Bertz CT molecular complexity index is 993. The maximum absolute atomic E-state index is 11.5. The third-order valence-corrected chi connectivity index (χ3v) is 6.51. The predicted molar refractivity (Wildman–Crippen MR) is 103 cm³/mol. The van der Waals surface area contributed by atoms with E-state index < -0.39 is 0 Å². The number of amides is 1. The molecular formula is C18H21ClN5O2S+. The molecule has 1 aliphatic rings. The zero-order valence-corrected chi connectivity index (χ0v) is 16.4. The van der Waals surface area contributed by atoms with Crippen molar-refractivity contribution in [1.82, 2.24) is 14.6 Å². The number of aryl methyl sites for hydroxylation is 1. The Hall–Kier alpha value is -2.16. The molecule has 4 N–H and O–H groups in total. The van der Waals surface area contributed by atoms with Gasteiger partial charge in [0, 0.05) is 29.3 Å². The van der Waals surface area contributed by atoms with Gasteiger partial charge in [-0.1, -0.05) is 35.1 Å². The van der Waals surface area contributed by atoms with E-state index >= 15 is 0 Å². The molecule has 0 saturated carbocycles. The minimum Gasteiger partial charge on any atom is -0.492 e. The van der Waals surface area contributed by atoms with Crippen molar-refractivity contribution < 1.29 is 14.8 Å². The van der Waals surface area contributed by atoms with Crippen molar-refractivity contribution in [2.24, 2.45) is 11.7 Å². The van der Waals surface area contributed by atoms with Gasteiger partial charge in [-0.3, -0.25) is 4.79 Å². The highest BCUT2D eigenvalue weighted by Crippen LogP contribution is 2.36. The number of hydrogen-bond acceptors (Lipinski definition) is 5. The van der Waals surface area contributed by atoms with E-state index in [1.807, 2.05) is 24.3 Å². The van der Waals surface area contributed by atoms with E-state index in [0.717, 1.165) is 36.4 Å². The number of piperidine rings is 1. The molecule has 27 heavy (non-hydrogen) atoms. The molecule has 9 heteroatoms. The van der Waals surface area contributed by atoms with Crippen LogP contribution in [0.15, 0.2) is 24.3 Å². The second-order valence-electron chi connectivity index (χ2n) is 6.97. The number of aromatic nitrogens is 3. The first-order valence-corrected chi connectivity index (χ1v) is 10.1. The first kappa shape index (κ1) is 18.2. The monoisotopic (exact) mass is 406 g/mol. The third-order valence-electron chi connectivity index (χ3n) is 5.19. The van der Waals surface area contributed by atoms with E-state index in [-0.39, 0.29) is 23.7 Å². The molecule has 1 aromatic carbocycles. The summed E-state index contributed by atoms with van der Waals surface area (Å²) in [5.74, 6) is 0.430. The SMILES string of the molecule is Cc1nc2sc([C@@H](c3cccc(Cl)c3)[NH+]3CCC(C(N)=O)CC3)c(O)n2n1. The summed E-state index contributed by atoms with van der Waals surface area (Å²) in [6, 6.07) is 7.59. The average Bonchev–Trinajstić information content (AvgIpc) is 3.14. The van der Waals surface area contributed by atoms with E-state index in [1.54, 1.807) is 6.92 Å². The Balaban J connectivity index is 1.75. The number of likely N-dealkylation sites (tertiary alicyclic amines) is 1. The lowest BCUT2D eigenvalue weighted by atomic mass is 9.93. The van der Waals surface area contributed by atoms with Crippen LogP contribution < -0.4 is 10.6 Å². The summed E-state index contributed by atoms with van der Waals surface area (Å²) >= 11 is 7.68. The molecule has 142 valence electrons. The van der Waals surface area contributed by atoms with Gasteiger partial charge in [-0.25, -0.2) is 4.98 Å². The van der Waals surface area contributed by atoms with Gasteiger partial charge in [0.2, 0.25) is 16.7 Å². The van der Waals surface area contributed by atoms with E-state index in [2.05, 4.69) is 10.1 Å². The summed E-state index contributed by atoms with van der Waals surface area (Å²) < 4.78 is 1.49. The van der Waals surface area contributed by atoms with Crippen molar-refractivity contribution >= 4 is 33.8 Å². The van der Waals surface area contributed by atoms with Crippen LogP contribution in [-0.2, 0) is 4.79 Å². The van der Waals surface area contributed by atoms with Gasteiger partial charge in [-0.2, -0.15) is 4.52 Å². The van der Waals surface area contributed by atoms with Crippen molar-refractivity contribution in [1.29, 1.82) is 0 Å². The van der Waals surface area contributed by atoms with Gasteiger partial charge in [-0.05, 0) is 19.1 Å². The number of primary amides is 1. The lowest BCUT2D eigenvalue weighted by Gasteiger charge is -2.33. The Morgan fingerprint density at radius 1 is 1.44 bits per heavy atom. The molecule has 3 heterocycles. The fourth-order valence-corrected chi connectivity index (χ4v) is 5.24. The molecule has 1 atom stereocenters. The number of thiazole rings is 1. The van der Waals surface area contributed by atoms with Crippen molar-refractivity contribution in [2.45, 2.75) is 25.8 Å². The highest BCUT2D eigenvalue weighted by Gasteiger charge is 2.36. The number of benzene rings is 1. The molecule has 0 unspecified atom stereocenters. The van der Waals surface area contributed by atoms with Crippen molar-refractivity contribution in [3.63, 3.8) is 0 Å². The zero-order valence-electron chi connectivity index (χ0n) is 14.9. The van der Waals surface area contributed by atoms with Crippen LogP contribution in [-0.4, -0.2) is 38.7 Å². The summed E-state index contributed by atoms with van der Waals surface area (Å²) in [5, 5.41) is 15.8. The summed E-state index contributed by atoms with van der Waals surface area (Å²) in [5.41, 5.74) is 6.50. The minimum absolute atomic E-state index is 0.0766. The van der Waals surface area contributed by atoms with Gasteiger partial charge in [0.05, 0.1) is 13.1 Å².